The maximum atomic E-state index is 12.1. The minimum absolute atomic E-state index is 0.198. The van der Waals surface area contributed by atoms with Crippen molar-refractivity contribution in [1.29, 1.82) is 0 Å². The van der Waals surface area contributed by atoms with Crippen LogP contribution in [0, 0.1) is 5.92 Å². The average Bonchev–Trinajstić information content (AvgIpc) is 3.00. The third-order valence-electron chi connectivity index (χ3n) is 4.03. The van der Waals surface area contributed by atoms with E-state index in [2.05, 4.69) is 12.2 Å². The summed E-state index contributed by atoms with van der Waals surface area (Å²) in [5.41, 5.74) is 0. The van der Waals surface area contributed by atoms with Gasteiger partial charge in [-0.2, -0.15) is 0 Å². The highest BCUT2D eigenvalue weighted by atomic mass is 32.1. The van der Waals surface area contributed by atoms with E-state index < -0.39 is 12.1 Å². The zero-order valence-corrected chi connectivity index (χ0v) is 13.9. The van der Waals surface area contributed by atoms with Gasteiger partial charge in [0.2, 0.25) is 0 Å². The van der Waals surface area contributed by atoms with Gasteiger partial charge in [0.1, 0.15) is 0 Å². The fourth-order valence-electron chi connectivity index (χ4n) is 2.63. The van der Waals surface area contributed by atoms with Gasteiger partial charge in [-0.15, -0.1) is 11.3 Å². The smallest absolute Gasteiger partial charge is 0.331 e. The molecule has 1 saturated carbocycles. The molecule has 1 fully saturated rings. The molecule has 0 saturated heterocycles. The molecule has 1 aliphatic rings. The molecule has 5 heteroatoms. The van der Waals surface area contributed by atoms with E-state index in [9.17, 15) is 9.59 Å². The summed E-state index contributed by atoms with van der Waals surface area (Å²) in [5, 5.41) is 4.94. The van der Waals surface area contributed by atoms with Crippen LogP contribution >= 0.6 is 11.3 Å². The molecule has 1 N–H and O–H groups in total. The van der Waals surface area contributed by atoms with Crippen molar-refractivity contribution < 1.29 is 14.3 Å². The molecule has 0 unspecified atom stereocenters. The van der Waals surface area contributed by atoms with Gasteiger partial charge in [-0.3, -0.25) is 4.79 Å². The van der Waals surface area contributed by atoms with Crippen LogP contribution in [-0.2, 0) is 14.3 Å². The van der Waals surface area contributed by atoms with Gasteiger partial charge in [-0.25, -0.2) is 4.79 Å². The van der Waals surface area contributed by atoms with Crippen LogP contribution in [0.5, 0.6) is 0 Å². The van der Waals surface area contributed by atoms with Crippen LogP contribution in [-0.4, -0.2) is 24.0 Å². The molecular formula is C17H23NO3S. The van der Waals surface area contributed by atoms with Crippen molar-refractivity contribution in [2.45, 2.75) is 51.7 Å². The van der Waals surface area contributed by atoms with Gasteiger partial charge in [0, 0.05) is 17.0 Å². The molecule has 22 heavy (non-hydrogen) atoms. The monoisotopic (exact) mass is 321 g/mol. The number of rotatable bonds is 5. The highest BCUT2D eigenvalue weighted by Crippen LogP contribution is 2.23. The largest absolute Gasteiger partial charge is 0.449 e. The summed E-state index contributed by atoms with van der Waals surface area (Å²) in [6, 6.07) is 4.02. The molecule has 1 amide bonds. The molecule has 0 aromatic carbocycles. The molecule has 1 aliphatic carbocycles. The summed E-state index contributed by atoms with van der Waals surface area (Å²) in [5.74, 6) is -0.219. The molecule has 0 aliphatic heterocycles. The van der Waals surface area contributed by atoms with E-state index in [1.54, 1.807) is 13.0 Å². The second kappa shape index (κ2) is 8.13. The van der Waals surface area contributed by atoms with E-state index in [0.717, 1.165) is 24.1 Å². The van der Waals surface area contributed by atoms with Crippen LogP contribution < -0.4 is 5.32 Å². The first kappa shape index (κ1) is 16.7. The summed E-state index contributed by atoms with van der Waals surface area (Å²) in [6.45, 7) is 3.77. The summed E-state index contributed by atoms with van der Waals surface area (Å²) in [7, 11) is 0. The minimum atomic E-state index is -0.769. The van der Waals surface area contributed by atoms with Gasteiger partial charge < -0.3 is 10.1 Å². The molecule has 1 aromatic heterocycles. The van der Waals surface area contributed by atoms with Crippen LogP contribution in [0.15, 0.2) is 23.6 Å². The minimum Gasteiger partial charge on any atom is -0.449 e. The molecular weight excluding hydrogens is 298 g/mol. The Morgan fingerprint density at radius 3 is 2.86 bits per heavy atom. The zero-order valence-electron chi connectivity index (χ0n) is 13.1. The Hall–Kier alpha value is -1.62. The first-order valence-corrected chi connectivity index (χ1v) is 8.67. The number of ether oxygens (including phenoxy) is 1. The lowest BCUT2D eigenvalue weighted by molar-refractivity contribution is -0.150. The first-order valence-electron chi connectivity index (χ1n) is 7.79. The van der Waals surface area contributed by atoms with E-state index in [1.807, 2.05) is 17.5 Å². The lowest BCUT2D eigenvalue weighted by Crippen LogP contribution is -2.45. The number of nitrogens with one attached hydrogen (secondary N) is 1. The van der Waals surface area contributed by atoms with Crippen LogP contribution in [0.2, 0.25) is 0 Å². The maximum Gasteiger partial charge on any atom is 0.331 e. The maximum absolute atomic E-state index is 12.1. The van der Waals surface area contributed by atoms with Crippen LogP contribution in [0.1, 0.15) is 44.4 Å². The number of carbonyl (C=O) groups is 2. The zero-order chi connectivity index (χ0) is 15.9. The van der Waals surface area contributed by atoms with Gasteiger partial charge in [-0.05, 0) is 43.2 Å². The third kappa shape index (κ3) is 4.98. The van der Waals surface area contributed by atoms with Gasteiger partial charge in [0.05, 0.1) is 0 Å². The lowest BCUT2D eigenvalue weighted by Gasteiger charge is -2.30. The molecule has 120 valence electrons. The van der Waals surface area contributed by atoms with Crippen molar-refractivity contribution in [2.24, 2.45) is 5.92 Å². The Labute approximate surface area is 135 Å². The molecule has 1 heterocycles. The third-order valence-corrected chi connectivity index (χ3v) is 4.87. The number of esters is 1. The summed E-state index contributed by atoms with van der Waals surface area (Å²) in [6.07, 6.45) is 6.81. The van der Waals surface area contributed by atoms with Crippen molar-refractivity contribution in [3.8, 4) is 0 Å². The normalized spacial score (nSPS) is 23.2. The number of hydrogen-bond donors (Lipinski definition) is 1. The average molecular weight is 321 g/mol. The Kier molecular flexibility index (Phi) is 6.19. The van der Waals surface area contributed by atoms with Crippen LogP contribution in [0.3, 0.4) is 0 Å². The lowest BCUT2D eigenvalue weighted by atomic mass is 9.86. The Morgan fingerprint density at radius 1 is 1.41 bits per heavy atom. The van der Waals surface area contributed by atoms with Gasteiger partial charge in [0.15, 0.2) is 6.10 Å². The Morgan fingerprint density at radius 2 is 2.18 bits per heavy atom. The fourth-order valence-corrected chi connectivity index (χ4v) is 3.25. The SMILES string of the molecule is C[C@@H](OC(=O)/C=C/c1cccs1)C(=O)N[C@H]1CCCC[C@@H]1C. The summed E-state index contributed by atoms with van der Waals surface area (Å²) < 4.78 is 5.15. The second-order valence-corrected chi connectivity index (χ2v) is 6.78. The number of thiophene rings is 1. The van der Waals surface area contributed by atoms with Gasteiger partial charge >= 0.3 is 5.97 Å². The summed E-state index contributed by atoms with van der Waals surface area (Å²) in [4.78, 5) is 24.8. The van der Waals surface area contributed by atoms with Crippen molar-refractivity contribution in [3.63, 3.8) is 0 Å². The molecule has 4 nitrogen and oxygen atoms in total. The van der Waals surface area contributed by atoms with Crippen LogP contribution in [0.4, 0.5) is 0 Å². The fraction of sp³-hybridized carbons (Fsp3) is 0.529. The summed E-state index contributed by atoms with van der Waals surface area (Å²) >= 11 is 1.54. The van der Waals surface area contributed by atoms with Crippen LogP contribution in [0.25, 0.3) is 6.08 Å². The van der Waals surface area contributed by atoms with Crippen molar-refractivity contribution in [1.82, 2.24) is 5.32 Å². The van der Waals surface area contributed by atoms with Crippen molar-refractivity contribution in [3.05, 3.63) is 28.5 Å². The van der Waals surface area contributed by atoms with Crippen molar-refractivity contribution >= 4 is 29.3 Å². The molecule has 0 radical (unpaired) electrons. The Balaban J connectivity index is 1.79. The van der Waals surface area contributed by atoms with E-state index >= 15 is 0 Å². The quantitative estimate of drug-likeness (QED) is 0.668. The van der Waals surface area contributed by atoms with E-state index in [1.165, 1.54) is 23.8 Å². The van der Waals surface area contributed by atoms with E-state index in [4.69, 9.17) is 4.74 Å². The first-order chi connectivity index (χ1) is 10.6. The number of carbonyl (C=O) groups excluding carboxylic acids is 2. The highest BCUT2D eigenvalue weighted by molar-refractivity contribution is 7.10. The molecule has 0 spiro atoms. The van der Waals surface area contributed by atoms with Gasteiger partial charge in [0.25, 0.3) is 5.91 Å². The number of hydrogen-bond acceptors (Lipinski definition) is 4. The molecule has 0 bridgehead atoms. The van der Waals surface area contributed by atoms with Crippen molar-refractivity contribution in [2.75, 3.05) is 0 Å². The Bertz CT molecular complexity index is 524. The molecule has 3 atom stereocenters. The predicted octanol–water partition coefficient (Wildman–Crippen LogP) is 3.39. The molecule has 2 rings (SSSR count). The standard InChI is InChI=1S/C17H23NO3S/c1-12-6-3-4-8-15(12)18-17(20)13(2)21-16(19)10-9-14-7-5-11-22-14/h5,7,9-13,15H,3-4,6,8H2,1-2H3,(H,18,20)/b10-9+/t12-,13+,15-/m0/s1. The van der Waals surface area contributed by atoms with Gasteiger partial charge in [-0.1, -0.05) is 25.8 Å². The number of amides is 1. The topological polar surface area (TPSA) is 55.4 Å². The predicted molar refractivity (Wildman–Crippen MR) is 88.5 cm³/mol. The van der Waals surface area contributed by atoms with E-state index in [-0.39, 0.29) is 11.9 Å². The van der Waals surface area contributed by atoms with E-state index in [0.29, 0.717) is 5.92 Å². The highest BCUT2D eigenvalue weighted by Gasteiger charge is 2.25. The molecule has 1 aromatic rings. The second-order valence-electron chi connectivity index (χ2n) is 5.80.